The largest absolute Gasteiger partial charge is 3.00 e. The maximum atomic E-state index is 3.72. The van der Waals surface area contributed by atoms with Gasteiger partial charge in [-0.1, -0.05) is 45.2 Å². The summed E-state index contributed by atoms with van der Waals surface area (Å²) in [6, 6.07) is 19.7. The molecule has 1 aliphatic carbocycles. The summed E-state index contributed by atoms with van der Waals surface area (Å²) in [5.41, 5.74) is 6.54. The molecule has 0 aromatic heterocycles. The van der Waals surface area contributed by atoms with Crippen LogP contribution in [0.15, 0.2) is 77.4 Å². The molecule has 0 nitrogen and oxygen atoms in total. The zero-order chi connectivity index (χ0) is 18.2. The van der Waals surface area contributed by atoms with E-state index in [0.717, 1.165) is 11.1 Å². The Kier molecular flexibility index (Phi) is 10.6. The third kappa shape index (κ3) is 8.46. The van der Waals surface area contributed by atoms with Gasteiger partial charge in [-0.3, -0.25) is 6.08 Å². The van der Waals surface area contributed by atoms with Crippen molar-refractivity contribution < 1.29 is 26.2 Å². The smallest absolute Gasteiger partial charge is 0.263 e. The summed E-state index contributed by atoms with van der Waals surface area (Å²) in [4.78, 5) is 0. The van der Waals surface area contributed by atoms with Gasteiger partial charge in [-0.25, -0.2) is 5.57 Å². The standard InChI is InChI=1S/C10H15.2C7H7.Zr/c1-7-6-10(4,5)9(3)8(7)2;2*1-7-5-3-2-4-6-7;/h1-5H3;2*2-6H,1H2;/q3*-1;+3. The van der Waals surface area contributed by atoms with Crippen LogP contribution < -0.4 is 0 Å². The molecule has 2 aromatic rings. The summed E-state index contributed by atoms with van der Waals surface area (Å²) in [6.07, 6.45) is 3.44. The molecule has 0 amide bonds. The molecule has 0 aliphatic heterocycles. The van der Waals surface area contributed by atoms with Crippen molar-refractivity contribution in [1.29, 1.82) is 0 Å². The molecule has 0 saturated heterocycles. The third-order valence-electron chi connectivity index (χ3n) is 4.25. The molecule has 25 heavy (non-hydrogen) atoms. The summed E-state index contributed by atoms with van der Waals surface area (Å²) in [6.45, 7) is 18.4. The van der Waals surface area contributed by atoms with E-state index in [0.29, 0.717) is 0 Å². The monoisotopic (exact) mass is 407 g/mol. The predicted octanol–water partition coefficient (Wildman–Crippen LogP) is 6.85. The number of allylic oxidation sites excluding steroid dienone is 4. The van der Waals surface area contributed by atoms with Crippen molar-refractivity contribution in [2.75, 3.05) is 0 Å². The molecule has 0 spiro atoms. The SMILES string of the molecule is CC1=[C-]C(C)(C)C(C)=C1C.[CH2-]c1ccccc1.[CH2-]c1ccccc1.[Zr+3]. The average molecular weight is 409 g/mol. The van der Waals surface area contributed by atoms with Crippen LogP contribution in [0.5, 0.6) is 0 Å². The van der Waals surface area contributed by atoms with Gasteiger partial charge in [0.1, 0.15) is 0 Å². The van der Waals surface area contributed by atoms with Gasteiger partial charge < -0.3 is 0 Å². The van der Waals surface area contributed by atoms with Gasteiger partial charge in [0.05, 0.1) is 0 Å². The van der Waals surface area contributed by atoms with Crippen molar-refractivity contribution in [2.24, 2.45) is 5.41 Å². The molecule has 0 heterocycles. The van der Waals surface area contributed by atoms with E-state index in [1.807, 2.05) is 60.7 Å². The van der Waals surface area contributed by atoms with Crippen LogP contribution in [0.3, 0.4) is 0 Å². The molecule has 3 rings (SSSR count). The average Bonchev–Trinajstić information content (AvgIpc) is 2.72. The van der Waals surface area contributed by atoms with Crippen molar-refractivity contribution >= 4 is 0 Å². The van der Waals surface area contributed by atoms with E-state index >= 15 is 0 Å². The molecule has 0 bridgehead atoms. The fourth-order valence-electron chi connectivity index (χ4n) is 2.36. The Morgan fingerprint density at radius 3 is 1.20 bits per heavy atom. The first kappa shape index (κ1) is 23.5. The van der Waals surface area contributed by atoms with E-state index in [1.165, 1.54) is 16.7 Å². The Labute approximate surface area is 174 Å². The number of rotatable bonds is 0. The molecule has 1 radical (unpaired) electrons. The van der Waals surface area contributed by atoms with Gasteiger partial charge in [0.15, 0.2) is 0 Å². The molecule has 0 saturated carbocycles. The molecule has 1 heteroatoms. The molecule has 0 fully saturated rings. The fourth-order valence-corrected chi connectivity index (χ4v) is 2.36. The van der Waals surface area contributed by atoms with Gasteiger partial charge in [-0.2, -0.15) is 60.4 Å². The van der Waals surface area contributed by atoms with Gasteiger partial charge in [0, 0.05) is 0 Å². The second-order valence-corrected chi connectivity index (χ2v) is 6.60. The zero-order valence-electron chi connectivity index (χ0n) is 16.2. The van der Waals surface area contributed by atoms with E-state index in [4.69, 9.17) is 0 Å². The Balaban J connectivity index is 0.000000347. The number of benzene rings is 2. The normalized spacial score (nSPS) is 14.2. The molecule has 0 N–H and O–H groups in total. The van der Waals surface area contributed by atoms with Crippen LogP contribution in [0.4, 0.5) is 0 Å². The van der Waals surface area contributed by atoms with E-state index in [1.54, 1.807) is 0 Å². The Morgan fingerprint density at radius 1 is 0.720 bits per heavy atom. The zero-order valence-corrected chi connectivity index (χ0v) is 18.6. The topological polar surface area (TPSA) is 0 Å². The first-order valence-electron chi connectivity index (χ1n) is 8.28. The number of hydrogen-bond donors (Lipinski definition) is 0. The maximum Gasteiger partial charge on any atom is 3.00 e. The summed E-state index contributed by atoms with van der Waals surface area (Å²) in [5, 5.41) is 0. The van der Waals surface area contributed by atoms with Crippen LogP contribution in [-0.2, 0) is 26.2 Å². The van der Waals surface area contributed by atoms with E-state index in [-0.39, 0.29) is 31.6 Å². The third-order valence-corrected chi connectivity index (χ3v) is 4.25. The predicted molar refractivity (Wildman–Crippen MR) is 106 cm³/mol. The summed E-state index contributed by atoms with van der Waals surface area (Å²) in [7, 11) is 0. The summed E-state index contributed by atoms with van der Waals surface area (Å²) in [5.74, 6) is 0. The Morgan fingerprint density at radius 2 is 1.08 bits per heavy atom. The van der Waals surface area contributed by atoms with Crippen LogP contribution in [0.1, 0.15) is 45.7 Å². The number of hydrogen-bond acceptors (Lipinski definition) is 0. The van der Waals surface area contributed by atoms with Gasteiger partial charge >= 0.3 is 26.2 Å². The van der Waals surface area contributed by atoms with Crippen LogP contribution in [0, 0.1) is 25.3 Å². The van der Waals surface area contributed by atoms with Gasteiger partial charge in [-0.15, -0.1) is 31.2 Å². The van der Waals surface area contributed by atoms with E-state index in [2.05, 4.69) is 54.5 Å². The van der Waals surface area contributed by atoms with E-state index < -0.39 is 0 Å². The molecule has 0 unspecified atom stereocenters. The molecular weight excluding hydrogens is 379 g/mol. The first-order chi connectivity index (χ1) is 11.2. The van der Waals surface area contributed by atoms with Crippen molar-refractivity contribution in [3.63, 3.8) is 0 Å². The van der Waals surface area contributed by atoms with Crippen LogP contribution >= 0.6 is 0 Å². The summed E-state index contributed by atoms with van der Waals surface area (Å²) >= 11 is 0. The second kappa shape index (κ2) is 11.2. The maximum absolute atomic E-state index is 3.72. The van der Waals surface area contributed by atoms with E-state index in [9.17, 15) is 0 Å². The molecule has 0 atom stereocenters. The minimum absolute atomic E-state index is 0. The van der Waals surface area contributed by atoms with Crippen molar-refractivity contribution in [3.05, 3.63) is 108 Å². The second-order valence-electron chi connectivity index (χ2n) is 6.60. The van der Waals surface area contributed by atoms with Gasteiger partial charge in [-0.05, 0) is 0 Å². The quantitative estimate of drug-likeness (QED) is 0.418. The van der Waals surface area contributed by atoms with Crippen molar-refractivity contribution in [3.8, 4) is 0 Å². The van der Waals surface area contributed by atoms with Crippen LogP contribution in [0.2, 0.25) is 0 Å². The Bertz CT molecular complexity index is 639. The van der Waals surface area contributed by atoms with Crippen LogP contribution in [0.25, 0.3) is 0 Å². The van der Waals surface area contributed by atoms with Gasteiger partial charge in [0.2, 0.25) is 0 Å². The fraction of sp³-hybridized carbons (Fsp3) is 0.250. The Hall–Kier alpha value is -1.46. The molecular formula is C24H29Zr. The minimum atomic E-state index is 0. The minimum Gasteiger partial charge on any atom is -0.263 e. The van der Waals surface area contributed by atoms with Crippen molar-refractivity contribution in [1.82, 2.24) is 0 Å². The first-order valence-corrected chi connectivity index (χ1v) is 8.28. The molecule has 2 aromatic carbocycles. The molecule has 1 aliphatic rings. The van der Waals surface area contributed by atoms with Crippen LogP contribution in [-0.4, -0.2) is 0 Å². The molecule has 129 valence electrons. The van der Waals surface area contributed by atoms with Gasteiger partial charge in [0.25, 0.3) is 0 Å². The summed E-state index contributed by atoms with van der Waals surface area (Å²) < 4.78 is 0. The van der Waals surface area contributed by atoms with Crippen molar-refractivity contribution in [2.45, 2.75) is 34.6 Å².